The van der Waals surface area contributed by atoms with Gasteiger partial charge in [-0.1, -0.05) is 6.07 Å². The average molecular weight is 226 g/mol. The van der Waals surface area contributed by atoms with Crippen LogP contribution in [0.2, 0.25) is 0 Å². The molecule has 2 atom stereocenters. The second kappa shape index (κ2) is 4.54. The molecule has 0 amide bonds. The molecule has 0 N–H and O–H groups in total. The minimum atomic E-state index is -3.33. The van der Waals surface area contributed by atoms with Gasteiger partial charge in [0.1, 0.15) is 5.82 Å². The van der Waals surface area contributed by atoms with Gasteiger partial charge in [0.05, 0.1) is 10.8 Å². The molecule has 0 aliphatic rings. The van der Waals surface area contributed by atoms with Gasteiger partial charge in [0, 0.05) is 4.90 Å². The number of hydrogen-bond donors (Lipinski definition) is 0. The van der Waals surface area contributed by atoms with E-state index in [-0.39, 0.29) is 4.90 Å². The van der Waals surface area contributed by atoms with Crippen LogP contribution in [-0.4, -0.2) is 16.1 Å². The largest absolute Gasteiger partial charge is 0.281 e. The normalized spacial score (nSPS) is 15.5. The lowest BCUT2D eigenvalue weighted by atomic mass is 10.4. The van der Waals surface area contributed by atoms with Gasteiger partial charge in [-0.05, 0) is 18.2 Å². The molecule has 0 bridgehead atoms. The van der Waals surface area contributed by atoms with Gasteiger partial charge >= 0.3 is 0 Å². The van der Waals surface area contributed by atoms with Gasteiger partial charge in [0.25, 0.3) is 6.43 Å². The minimum absolute atomic E-state index is 0.280. The Labute approximate surface area is 80.2 Å². The molecule has 0 heterocycles. The minimum Gasteiger partial charge on any atom is -0.251 e. The molecule has 0 aromatic heterocycles. The molecule has 14 heavy (non-hydrogen) atoms. The van der Waals surface area contributed by atoms with Crippen molar-refractivity contribution in [3.05, 3.63) is 30.1 Å². The Balaban J connectivity index is 2.89. The zero-order valence-electron chi connectivity index (χ0n) is 6.79. The molecule has 0 spiro atoms. The summed E-state index contributed by atoms with van der Waals surface area (Å²) in [5.74, 6) is -0.739. The van der Waals surface area contributed by atoms with Crippen molar-refractivity contribution in [2.24, 2.45) is 0 Å². The summed E-state index contributed by atoms with van der Waals surface area (Å²) in [6.45, 7) is 0. The monoisotopic (exact) mass is 226 g/mol. The Bertz CT molecular complexity index is 342. The zero-order valence-corrected chi connectivity index (χ0v) is 7.61. The third kappa shape index (κ3) is 2.54. The van der Waals surface area contributed by atoms with Crippen LogP contribution in [0.25, 0.3) is 0 Å². The van der Waals surface area contributed by atoms with Crippen molar-refractivity contribution in [1.82, 2.24) is 0 Å². The standard InChI is InChI=1S/C8H6F4OS/c9-5-2-1-3-6(4-5)14(13)8(12)7(10)11/h1-4,7-8H. The van der Waals surface area contributed by atoms with Crippen molar-refractivity contribution in [1.29, 1.82) is 0 Å². The van der Waals surface area contributed by atoms with E-state index < -0.39 is 28.5 Å². The molecule has 2 unspecified atom stereocenters. The molecule has 1 rings (SSSR count). The summed E-state index contributed by atoms with van der Waals surface area (Å²) < 4.78 is 59.7. The topological polar surface area (TPSA) is 17.1 Å². The molecule has 1 aromatic carbocycles. The summed E-state index contributed by atoms with van der Waals surface area (Å²) in [6, 6.07) is 4.14. The number of halogens is 4. The summed E-state index contributed by atoms with van der Waals surface area (Å²) in [4.78, 5) is -0.280. The maximum absolute atomic E-state index is 12.6. The predicted molar refractivity (Wildman–Crippen MR) is 43.7 cm³/mol. The van der Waals surface area contributed by atoms with Crippen LogP contribution in [0.15, 0.2) is 29.2 Å². The zero-order chi connectivity index (χ0) is 10.7. The summed E-state index contributed by atoms with van der Waals surface area (Å²) in [5.41, 5.74) is -2.78. The fourth-order valence-electron chi connectivity index (χ4n) is 0.816. The molecule has 0 saturated carbocycles. The Morgan fingerprint density at radius 2 is 1.86 bits per heavy atom. The van der Waals surface area contributed by atoms with E-state index in [9.17, 15) is 21.8 Å². The first-order valence-electron chi connectivity index (χ1n) is 3.60. The summed E-state index contributed by atoms with van der Waals surface area (Å²) >= 11 is 0. The van der Waals surface area contributed by atoms with E-state index in [1.807, 2.05) is 0 Å². The van der Waals surface area contributed by atoms with Gasteiger partial charge in [0.15, 0.2) is 0 Å². The molecule has 0 fully saturated rings. The maximum Gasteiger partial charge on any atom is 0.281 e. The highest BCUT2D eigenvalue weighted by molar-refractivity contribution is 7.85. The lowest BCUT2D eigenvalue weighted by Gasteiger charge is -2.06. The predicted octanol–water partition coefficient (Wildman–Crippen LogP) is 2.49. The molecule has 0 saturated heterocycles. The fraction of sp³-hybridized carbons (Fsp3) is 0.250. The van der Waals surface area contributed by atoms with Gasteiger partial charge in [-0.25, -0.2) is 17.6 Å². The number of hydrogen-bond acceptors (Lipinski definition) is 1. The van der Waals surface area contributed by atoms with E-state index >= 15 is 0 Å². The number of rotatable bonds is 3. The highest BCUT2D eigenvalue weighted by Gasteiger charge is 2.27. The van der Waals surface area contributed by atoms with Crippen LogP contribution in [0, 0.1) is 5.82 Å². The average Bonchev–Trinajstić information content (AvgIpc) is 2.15. The first-order chi connectivity index (χ1) is 6.52. The van der Waals surface area contributed by atoms with E-state index in [1.165, 1.54) is 6.07 Å². The Morgan fingerprint density at radius 3 is 2.36 bits per heavy atom. The van der Waals surface area contributed by atoms with Crippen LogP contribution < -0.4 is 0 Å². The molecule has 1 nitrogen and oxygen atoms in total. The van der Waals surface area contributed by atoms with Gasteiger partial charge in [0.2, 0.25) is 5.50 Å². The molecular weight excluding hydrogens is 220 g/mol. The van der Waals surface area contributed by atoms with E-state index in [4.69, 9.17) is 0 Å². The molecule has 0 aliphatic carbocycles. The van der Waals surface area contributed by atoms with Gasteiger partial charge in [-0.2, -0.15) is 0 Å². The smallest absolute Gasteiger partial charge is 0.251 e. The van der Waals surface area contributed by atoms with Crippen molar-refractivity contribution < 1.29 is 21.8 Å². The van der Waals surface area contributed by atoms with Crippen molar-refractivity contribution in [2.75, 3.05) is 0 Å². The maximum atomic E-state index is 12.6. The van der Waals surface area contributed by atoms with Gasteiger partial charge in [-0.15, -0.1) is 0 Å². The van der Waals surface area contributed by atoms with Crippen molar-refractivity contribution in [3.8, 4) is 0 Å². The summed E-state index contributed by atoms with van der Waals surface area (Å²) in [7, 11) is -2.53. The second-order valence-corrected chi connectivity index (χ2v) is 3.96. The van der Waals surface area contributed by atoms with Crippen LogP contribution in [-0.2, 0) is 10.8 Å². The first-order valence-corrected chi connectivity index (χ1v) is 4.82. The number of benzene rings is 1. The van der Waals surface area contributed by atoms with E-state index in [0.29, 0.717) is 0 Å². The van der Waals surface area contributed by atoms with Gasteiger partial charge in [-0.3, -0.25) is 4.21 Å². The van der Waals surface area contributed by atoms with Crippen molar-refractivity contribution in [3.63, 3.8) is 0 Å². The summed E-state index contributed by atoms with van der Waals surface area (Å²) in [5, 5.41) is 0. The van der Waals surface area contributed by atoms with Crippen molar-refractivity contribution >= 4 is 10.8 Å². The van der Waals surface area contributed by atoms with Crippen LogP contribution in [0.5, 0.6) is 0 Å². The second-order valence-electron chi connectivity index (χ2n) is 2.44. The number of alkyl halides is 3. The highest BCUT2D eigenvalue weighted by atomic mass is 32.2. The molecule has 0 radical (unpaired) electrons. The Kier molecular flexibility index (Phi) is 3.62. The molecule has 6 heteroatoms. The lowest BCUT2D eigenvalue weighted by Crippen LogP contribution is -2.18. The summed E-state index contributed by atoms with van der Waals surface area (Å²) in [6.07, 6.45) is -3.33. The Morgan fingerprint density at radius 1 is 1.21 bits per heavy atom. The Hall–Kier alpha value is -0.910. The van der Waals surface area contributed by atoms with Crippen LogP contribution in [0.3, 0.4) is 0 Å². The van der Waals surface area contributed by atoms with E-state index in [2.05, 4.69) is 0 Å². The van der Waals surface area contributed by atoms with E-state index in [1.54, 1.807) is 0 Å². The SMILES string of the molecule is O=S(c1cccc(F)c1)C(F)C(F)F. The molecule has 78 valence electrons. The third-order valence-corrected chi connectivity index (χ3v) is 2.76. The first kappa shape index (κ1) is 11.2. The van der Waals surface area contributed by atoms with Crippen molar-refractivity contribution in [2.45, 2.75) is 16.8 Å². The van der Waals surface area contributed by atoms with Gasteiger partial charge < -0.3 is 0 Å². The lowest BCUT2D eigenvalue weighted by molar-refractivity contribution is 0.0928. The van der Waals surface area contributed by atoms with Crippen LogP contribution in [0.4, 0.5) is 17.6 Å². The molecular formula is C8H6F4OS. The quantitative estimate of drug-likeness (QED) is 0.724. The third-order valence-electron chi connectivity index (χ3n) is 1.43. The van der Waals surface area contributed by atoms with Crippen LogP contribution >= 0.6 is 0 Å². The molecule has 1 aromatic rings. The molecule has 0 aliphatic heterocycles. The fourth-order valence-corrected chi connectivity index (χ4v) is 1.70. The van der Waals surface area contributed by atoms with E-state index in [0.717, 1.165) is 18.2 Å². The van der Waals surface area contributed by atoms with Crippen LogP contribution in [0.1, 0.15) is 0 Å². The highest BCUT2D eigenvalue weighted by Crippen LogP contribution is 2.18.